The van der Waals surface area contributed by atoms with E-state index in [1.807, 2.05) is 35.7 Å². The average molecular weight is 510 g/mol. The molecule has 178 valence electrons. The SMILES string of the molecule is COc1ccccc1CN1C(=O)C(O)=C(C(=O)c2cc3cc(Cl)cc(OC)c3o2)C1c1cccs1. The quantitative estimate of drug-likeness (QED) is 0.310. The molecule has 7 nitrogen and oxygen atoms in total. The molecule has 1 unspecified atom stereocenters. The average Bonchev–Trinajstić information content (AvgIpc) is 3.59. The number of ketones is 1. The van der Waals surface area contributed by atoms with E-state index >= 15 is 0 Å². The van der Waals surface area contributed by atoms with Gasteiger partial charge in [-0.3, -0.25) is 9.59 Å². The lowest BCUT2D eigenvalue weighted by atomic mass is 10.00. The van der Waals surface area contributed by atoms with Crippen molar-refractivity contribution in [1.82, 2.24) is 4.90 Å². The van der Waals surface area contributed by atoms with Gasteiger partial charge in [0, 0.05) is 26.9 Å². The second-order valence-corrected chi connectivity index (χ2v) is 9.31. The Kier molecular flexibility index (Phi) is 6.00. The molecule has 1 aliphatic rings. The number of fused-ring (bicyclic) bond motifs is 1. The van der Waals surface area contributed by atoms with Crippen LogP contribution in [0.4, 0.5) is 0 Å². The summed E-state index contributed by atoms with van der Waals surface area (Å²) in [6.07, 6.45) is 0. The maximum absolute atomic E-state index is 13.7. The highest BCUT2D eigenvalue weighted by molar-refractivity contribution is 7.10. The molecule has 1 N–H and O–H groups in total. The molecule has 0 aliphatic carbocycles. The highest BCUT2D eigenvalue weighted by Crippen LogP contribution is 2.43. The van der Waals surface area contributed by atoms with Crippen LogP contribution in [0.15, 0.2) is 75.7 Å². The number of rotatable bonds is 7. The predicted molar refractivity (Wildman–Crippen MR) is 132 cm³/mol. The number of methoxy groups -OCH3 is 2. The van der Waals surface area contributed by atoms with Crippen molar-refractivity contribution in [2.75, 3.05) is 14.2 Å². The predicted octanol–water partition coefficient (Wildman–Crippen LogP) is 5.94. The van der Waals surface area contributed by atoms with E-state index < -0.39 is 23.5 Å². The standard InChI is InChI=1S/C26H20ClNO6S/c1-32-17-7-4-3-6-14(17)13-28-22(20-8-5-9-35-20)21(24(30)26(28)31)23(29)18-11-15-10-16(27)12-19(33-2)25(15)34-18/h3-12,22,30H,13H2,1-2H3. The highest BCUT2D eigenvalue weighted by Gasteiger charge is 2.45. The van der Waals surface area contributed by atoms with E-state index in [-0.39, 0.29) is 17.9 Å². The highest BCUT2D eigenvalue weighted by atomic mass is 35.5. The maximum atomic E-state index is 13.7. The Balaban J connectivity index is 1.59. The van der Waals surface area contributed by atoms with Crippen molar-refractivity contribution in [3.8, 4) is 11.5 Å². The first-order valence-corrected chi connectivity index (χ1v) is 11.9. The van der Waals surface area contributed by atoms with Crippen molar-refractivity contribution in [3.63, 3.8) is 0 Å². The van der Waals surface area contributed by atoms with Crippen molar-refractivity contribution < 1.29 is 28.6 Å². The molecule has 0 radical (unpaired) electrons. The molecule has 0 saturated carbocycles. The van der Waals surface area contributed by atoms with Crippen molar-refractivity contribution in [2.45, 2.75) is 12.6 Å². The number of ether oxygens (including phenoxy) is 2. The van der Waals surface area contributed by atoms with Gasteiger partial charge in [0.2, 0.25) is 5.78 Å². The Morgan fingerprint density at radius 2 is 1.89 bits per heavy atom. The molecule has 9 heteroatoms. The number of nitrogens with zero attached hydrogens (tertiary/aromatic N) is 1. The number of halogens is 1. The number of aliphatic hydroxyl groups is 1. The summed E-state index contributed by atoms with van der Waals surface area (Å²) in [6.45, 7) is 0.135. The molecule has 2 aromatic heterocycles. The topological polar surface area (TPSA) is 89.2 Å². The van der Waals surface area contributed by atoms with Gasteiger partial charge < -0.3 is 23.9 Å². The number of carbonyl (C=O) groups is 2. The smallest absolute Gasteiger partial charge is 0.290 e. The molecule has 0 spiro atoms. The number of aliphatic hydroxyl groups excluding tert-OH is 1. The van der Waals surface area contributed by atoms with E-state index in [9.17, 15) is 14.7 Å². The van der Waals surface area contributed by atoms with Gasteiger partial charge in [0.05, 0.1) is 26.3 Å². The van der Waals surface area contributed by atoms with Gasteiger partial charge in [-0.25, -0.2) is 0 Å². The zero-order valence-corrected chi connectivity index (χ0v) is 20.4. The number of para-hydroxylation sites is 1. The summed E-state index contributed by atoms with van der Waals surface area (Å²) in [5.41, 5.74) is 1.05. The lowest BCUT2D eigenvalue weighted by Crippen LogP contribution is -2.30. The van der Waals surface area contributed by atoms with Crippen LogP contribution in [0.2, 0.25) is 5.02 Å². The monoisotopic (exact) mass is 509 g/mol. The van der Waals surface area contributed by atoms with Gasteiger partial charge in [0.25, 0.3) is 5.91 Å². The van der Waals surface area contributed by atoms with Gasteiger partial charge in [0.1, 0.15) is 11.8 Å². The van der Waals surface area contributed by atoms with Crippen molar-refractivity contribution in [3.05, 3.63) is 92.5 Å². The van der Waals surface area contributed by atoms with Gasteiger partial charge >= 0.3 is 0 Å². The molecule has 0 saturated heterocycles. The third kappa shape index (κ3) is 3.94. The molecule has 1 aliphatic heterocycles. The summed E-state index contributed by atoms with van der Waals surface area (Å²) in [5.74, 6) is -0.893. The first-order valence-electron chi connectivity index (χ1n) is 10.6. The van der Waals surface area contributed by atoms with E-state index in [4.69, 9.17) is 25.5 Å². The molecule has 4 aromatic rings. The van der Waals surface area contributed by atoms with Crippen LogP contribution in [-0.2, 0) is 11.3 Å². The molecular weight excluding hydrogens is 490 g/mol. The summed E-state index contributed by atoms with van der Waals surface area (Å²) in [4.78, 5) is 29.1. The number of furan rings is 1. The minimum atomic E-state index is -0.793. The van der Waals surface area contributed by atoms with Crippen LogP contribution in [-0.4, -0.2) is 35.9 Å². The fourth-order valence-electron chi connectivity index (χ4n) is 4.29. The van der Waals surface area contributed by atoms with Gasteiger partial charge in [-0.15, -0.1) is 11.3 Å². The first kappa shape index (κ1) is 23.0. The zero-order chi connectivity index (χ0) is 24.7. The van der Waals surface area contributed by atoms with Crippen molar-refractivity contribution in [1.29, 1.82) is 0 Å². The third-order valence-corrected chi connectivity index (χ3v) is 7.03. The summed E-state index contributed by atoms with van der Waals surface area (Å²) < 4.78 is 16.6. The minimum Gasteiger partial charge on any atom is -0.503 e. The number of carbonyl (C=O) groups excluding carboxylic acids is 2. The Bertz CT molecular complexity index is 1470. The Morgan fingerprint density at radius 1 is 1.11 bits per heavy atom. The summed E-state index contributed by atoms with van der Waals surface area (Å²) >= 11 is 7.54. The van der Waals surface area contributed by atoms with Gasteiger partial charge in [-0.2, -0.15) is 0 Å². The first-order chi connectivity index (χ1) is 16.9. The van der Waals surface area contributed by atoms with Crippen molar-refractivity contribution in [2.24, 2.45) is 0 Å². The van der Waals surface area contributed by atoms with Crippen LogP contribution in [0.25, 0.3) is 11.0 Å². The summed E-state index contributed by atoms with van der Waals surface area (Å²) in [7, 11) is 3.02. The molecule has 5 rings (SSSR count). The normalized spacial score (nSPS) is 15.8. The number of amides is 1. The van der Waals surface area contributed by atoms with Crippen LogP contribution in [0.5, 0.6) is 11.5 Å². The second-order valence-electron chi connectivity index (χ2n) is 7.89. The second kappa shape index (κ2) is 9.13. The van der Waals surface area contributed by atoms with Crippen LogP contribution >= 0.6 is 22.9 Å². The molecule has 0 bridgehead atoms. The Hall–Kier alpha value is -3.75. The number of thiophene rings is 1. The molecule has 1 atom stereocenters. The third-order valence-electron chi connectivity index (χ3n) is 5.88. The summed E-state index contributed by atoms with van der Waals surface area (Å²) in [5, 5.41) is 13.8. The van der Waals surface area contributed by atoms with Crippen LogP contribution in [0.1, 0.15) is 27.0 Å². The van der Waals surface area contributed by atoms with Gasteiger partial charge in [-0.1, -0.05) is 35.9 Å². The van der Waals surface area contributed by atoms with E-state index in [1.54, 1.807) is 25.3 Å². The van der Waals surface area contributed by atoms with E-state index in [0.717, 1.165) is 10.4 Å². The molecule has 35 heavy (non-hydrogen) atoms. The largest absolute Gasteiger partial charge is 0.503 e. The fraction of sp³-hybridized carbons (Fsp3) is 0.154. The molecule has 0 fully saturated rings. The van der Waals surface area contributed by atoms with Gasteiger partial charge in [0.15, 0.2) is 22.9 Å². The number of benzene rings is 2. The minimum absolute atomic E-state index is 0.0318. The molecular formula is C26H20ClNO6S. The molecule has 2 aromatic carbocycles. The fourth-order valence-corrected chi connectivity index (χ4v) is 5.35. The Labute approximate surface area is 209 Å². The number of hydrogen-bond donors (Lipinski definition) is 1. The molecule has 3 heterocycles. The summed E-state index contributed by atoms with van der Waals surface area (Å²) in [6, 6.07) is 14.9. The Morgan fingerprint density at radius 3 is 2.60 bits per heavy atom. The van der Waals surface area contributed by atoms with Gasteiger partial charge in [-0.05, 0) is 29.6 Å². The van der Waals surface area contributed by atoms with E-state index in [2.05, 4.69) is 0 Å². The lowest BCUT2D eigenvalue weighted by Gasteiger charge is -2.26. The van der Waals surface area contributed by atoms with E-state index in [0.29, 0.717) is 27.5 Å². The maximum Gasteiger partial charge on any atom is 0.290 e. The molecule has 1 amide bonds. The number of hydrogen-bond acceptors (Lipinski definition) is 7. The van der Waals surface area contributed by atoms with E-state index in [1.165, 1.54) is 29.4 Å². The van der Waals surface area contributed by atoms with Crippen LogP contribution < -0.4 is 9.47 Å². The number of Topliss-reactive ketones (excluding diaryl/α,β-unsaturated/α-hetero) is 1. The zero-order valence-electron chi connectivity index (χ0n) is 18.8. The van der Waals surface area contributed by atoms with Crippen LogP contribution in [0.3, 0.4) is 0 Å². The van der Waals surface area contributed by atoms with Crippen LogP contribution in [0, 0.1) is 0 Å². The van der Waals surface area contributed by atoms with Crippen molar-refractivity contribution >= 4 is 45.6 Å². The lowest BCUT2D eigenvalue weighted by molar-refractivity contribution is -0.130.